The van der Waals surface area contributed by atoms with Crippen LogP contribution in [0.15, 0.2) is 48.9 Å². The molecule has 0 saturated heterocycles. The maximum atomic E-state index is 3.98. The molecule has 2 aromatic rings. The Bertz CT molecular complexity index is 343. The molecule has 0 fully saturated rings. The first-order valence-electron chi connectivity index (χ1n) is 4.25. The van der Waals surface area contributed by atoms with Crippen LogP contribution in [0.4, 0.5) is 0 Å². The molecule has 0 aliphatic rings. The lowest BCUT2D eigenvalue weighted by Gasteiger charge is -1.94. The van der Waals surface area contributed by atoms with Gasteiger partial charge in [0.1, 0.15) is 0 Å². The Hall–Kier alpha value is -1.48. The Balaban J connectivity index is 0.000000461. The normalized spacial score (nSPS) is 8.86. The van der Waals surface area contributed by atoms with E-state index in [1.165, 1.54) is 17.1 Å². The van der Waals surface area contributed by atoms with Gasteiger partial charge in [-0.2, -0.15) is 0 Å². The van der Waals surface area contributed by atoms with Crippen LogP contribution < -0.4 is 0 Å². The summed E-state index contributed by atoms with van der Waals surface area (Å²) in [5, 5.41) is 5.96. The summed E-state index contributed by atoms with van der Waals surface area (Å²) in [4.78, 5) is 0. The Morgan fingerprint density at radius 1 is 1.14 bits per heavy atom. The average molecular weight is 204 g/mol. The molecular formula is C11H12N2S. The van der Waals surface area contributed by atoms with Gasteiger partial charge in [0.25, 0.3) is 0 Å². The maximum absolute atomic E-state index is 3.98. The van der Waals surface area contributed by atoms with Crippen LogP contribution >= 0.6 is 11.5 Å². The zero-order valence-corrected chi connectivity index (χ0v) is 8.70. The lowest BCUT2D eigenvalue weighted by atomic mass is 10.1. The largest absolute Gasteiger partial charge is 0.143 e. The van der Waals surface area contributed by atoms with Crippen LogP contribution in [0.1, 0.15) is 11.3 Å². The minimum atomic E-state index is 0.886. The number of nitrogens with zero attached hydrogens (tertiary/aromatic N) is 2. The zero-order chi connectivity index (χ0) is 10.2. The third-order valence-corrected chi connectivity index (χ3v) is 2.19. The van der Waals surface area contributed by atoms with Crippen LogP contribution in [0.5, 0.6) is 0 Å². The topological polar surface area (TPSA) is 25.8 Å². The third kappa shape index (κ3) is 3.11. The molecule has 0 aliphatic carbocycles. The van der Waals surface area contributed by atoms with Crippen molar-refractivity contribution in [2.75, 3.05) is 0 Å². The van der Waals surface area contributed by atoms with Gasteiger partial charge in [-0.15, -0.1) is 18.3 Å². The van der Waals surface area contributed by atoms with Crippen LogP contribution in [0.25, 0.3) is 0 Å². The van der Waals surface area contributed by atoms with E-state index in [1.54, 1.807) is 0 Å². The van der Waals surface area contributed by atoms with Crippen molar-refractivity contribution in [3.8, 4) is 0 Å². The highest BCUT2D eigenvalue weighted by atomic mass is 32.1. The summed E-state index contributed by atoms with van der Waals surface area (Å²) in [6, 6.07) is 10.3. The summed E-state index contributed by atoms with van der Waals surface area (Å²) < 4.78 is 3.81. The molecular weight excluding hydrogens is 192 g/mol. The summed E-state index contributed by atoms with van der Waals surface area (Å²) in [5.41, 5.74) is 2.33. The summed E-state index contributed by atoms with van der Waals surface area (Å²) in [6.45, 7) is 6.00. The molecule has 0 radical (unpaired) electrons. The highest BCUT2D eigenvalue weighted by Gasteiger charge is 1.96. The predicted octanol–water partition coefficient (Wildman–Crippen LogP) is 2.93. The second kappa shape index (κ2) is 6.05. The summed E-state index contributed by atoms with van der Waals surface area (Å²) in [6.07, 6.45) is 0.886. The van der Waals surface area contributed by atoms with Crippen molar-refractivity contribution in [2.45, 2.75) is 6.42 Å². The van der Waals surface area contributed by atoms with E-state index < -0.39 is 0 Å². The minimum absolute atomic E-state index is 0.886. The molecule has 14 heavy (non-hydrogen) atoms. The van der Waals surface area contributed by atoms with E-state index >= 15 is 0 Å². The molecule has 1 aromatic heterocycles. The van der Waals surface area contributed by atoms with Gasteiger partial charge in [-0.25, -0.2) is 0 Å². The second-order valence-corrected chi connectivity index (χ2v) is 3.17. The lowest BCUT2D eigenvalue weighted by Crippen LogP contribution is -1.86. The fourth-order valence-electron chi connectivity index (χ4n) is 1.07. The molecule has 0 N–H and O–H groups in total. The first-order valence-corrected chi connectivity index (χ1v) is 5.08. The van der Waals surface area contributed by atoms with Gasteiger partial charge in [0.2, 0.25) is 0 Å². The molecule has 2 rings (SSSR count). The maximum Gasteiger partial charge on any atom is 0.0799 e. The van der Waals surface area contributed by atoms with Crippen molar-refractivity contribution >= 4 is 11.5 Å². The van der Waals surface area contributed by atoms with E-state index in [1.807, 2.05) is 23.6 Å². The summed E-state index contributed by atoms with van der Waals surface area (Å²) in [5.74, 6) is 0. The Morgan fingerprint density at radius 2 is 1.86 bits per heavy atom. The molecule has 0 atom stereocenters. The Labute approximate surface area is 88.1 Å². The van der Waals surface area contributed by atoms with E-state index in [2.05, 4.69) is 34.9 Å². The molecule has 72 valence electrons. The van der Waals surface area contributed by atoms with Gasteiger partial charge in [-0.1, -0.05) is 34.8 Å². The molecule has 0 aliphatic heterocycles. The van der Waals surface area contributed by atoms with Gasteiger partial charge < -0.3 is 0 Å². The van der Waals surface area contributed by atoms with Crippen LogP contribution in [0.3, 0.4) is 0 Å². The number of rotatable bonds is 2. The second-order valence-electron chi connectivity index (χ2n) is 2.56. The van der Waals surface area contributed by atoms with Crippen molar-refractivity contribution in [3.05, 3.63) is 60.1 Å². The smallest absolute Gasteiger partial charge is 0.0799 e. The van der Waals surface area contributed by atoms with Crippen molar-refractivity contribution in [1.82, 2.24) is 9.59 Å². The fourth-order valence-corrected chi connectivity index (χ4v) is 1.52. The minimum Gasteiger partial charge on any atom is -0.143 e. The molecule has 0 unspecified atom stereocenters. The number of hydrogen-bond donors (Lipinski definition) is 0. The predicted molar refractivity (Wildman–Crippen MR) is 60.4 cm³/mol. The molecule has 0 spiro atoms. The zero-order valence-electron chi connectivity index (χ0n) is 7.89. The Morgan fingerprint density at radius 3 is 2.43 bits per heavy atom. The highest BCUT2D eigenvalue weighted by Crippen LogP contribution is 2.06. The molecule has 2 nitrogen and oxygen atoms in total. The van der Waals surface area contributed by atoms with Crippen LogP contribution in [0, 0.1) is 0 Å². The van der Waals surface area contributed by atoms with Crippen molar-refractivity contribution in [3.63, 3.8) is 0 Å². The Kier molecular flexibility index (Phi) is 4.58. The van der Waals surface area contributed by atoms with Crippen molar-refractivity contribution in [1.29, 1.82) is 0 Å². The van der Waals surface area contributed by atoms with Crippen LogP contribution in [-0.4, -0.2) is 9.59 Å². The number of hydrogen-bond acceptors (Lipinski definition) is 3. The molecule has 1 aromatic carbocycles. The molecule has 0 bridgehead atoms. The van der Waals surface area contributed by atoms with E-state index in [4.69, 9.17) is 0 Å². The third-order valence-electron chi connectivity index (χ3n) is 1.63. The SMILES string of the molecule is C=C.c1ccc(Cc2csnn2)cc1. The molecule has 0 saturated carbocycles. The van der Waals surface area contributed by atoms with E-state index in [0.29, 0.717) is 0 Å². The quantitative estimate of drug-likeness (QED) is 0.703. The summed E-state index contributed by atoms with van der Waals surface area (Å²) >= 11 is 1.40. The first-order chi connectivity index (χ1) is 6.95. The van der Waals surface area contributed by atoms with E-state index in [-0.39, 0.29) is 0 Å². The standard InChI is InChI=1S/C9H8N2S.C2H4/c1-2-4-8(5-3-1)6-9-7-12-11-10-9;1-2/h1-5,7H,6H2;1-2H2. The van der Waals surface area contributed by atoms with Crippen LogP contribution in [-0.2, 0) is 6.42 Å². The van der Waals surface area contributed by atoms with Gasteiger partial charge in [-0.3, -0.25) is 0 Å². The number of aromatic nitrogens is 2. The summed E-state index contributed by atoms with van der Waals surface area (Å²) in [7, 11) is 0. The van der Waals surface area contributed by atoms with Gasteiger partial charge >= 0.3 is 0 Å². The highest BCUT2D eigenvalue weighted by molar-refractivity contribution is 7.03. The van der Waals surface area contributed by atoms with Crippen molar-refractivity contribution < 1.29 is 0 Å². The van der Waals surface area contributed by atoms with Gasteiger partial charge in [0.05, 0.1) is 5.69 Å². The fraction of sp³-hybridized carbons (Fsp3) is 0.0909. The molecule has 0 amide bonds. The van der Waals surface area contributed by atoms with Crippen LogP contribution in [0.2, 0.25) is 0 Å². The van der Waals surface area contributed by atoms with E-state index in [9.17, 15) is 0 Å². The first kappa shape index (κ1) is 10.6. The number of benzene rings is 1. The molecule has 3 heteroatoms. The lowest BCUT2D eigenvalue weighted by molar-refractivity contribution is 1.02. The van der Waals surface area contributed by atoms with Gasteiger partial charge in [0, 0.05) is 11.8 Å². The monoisotopic (exact) mass is 204 g/mol. The van der Waals surface area contributed by atoms with Gasteiger partial charge in [0.15, 0.2) is 0 Å². The van der Waals surface area contributed by atoms with E-state index in [0.717, 1.165) is 12.1 Å². The average Bonchev–Trinajstić information content (AvgIpc) is 2.75. The van der Waals surface area contributed by atoms with Crippen molar-refractivity contribution in [2.24, 2.45) is 0 Å². The molecule has 1 heterocycles. The van der Waals surface area contributed by atoms with Gasteiger partial charge in [-0.05, 0) is 17.1 Å².